The van der Waals surface area contributed by atoms with E-state index in [1.807, 2.05) is 23.1 Å². The standard InChI is InChI=1S/C16H20N2O2/c1-3-15(19)17-11-10-16(20)18-12(2)8-9-13-6-4-5-7-14(13)18/h3-7,12H,1,8-11H2,2H3,(H,17,19)/t12-/m0/s1. The first-order chi connectivity index (χ1) is 9.63. The molecule has 1 aliphatic rings. The molecule has 0 radical (unpaired) electrons. The van der Waals surface area contributed by atoms with Crippen LogP contribution < -0.4 is 10.2 Å². The number of carbonyl (C=O) groups is 2. The van der Waals surface area contributed by atoms with Gasteiger partial charge < -0.3 is 10.2 Å². The Labute approximate surface area is 119 Å². The van der Waals surface area contributed by atoms with E-state index in [9.17, 15) is 9.59 Å². The Morgan fingerprint density at radius 3 is 2.95 bits per heavy atom. The highest BCUT2D eigenvalue weighted by Gasteiger charge is 2.27. The van der Waals surface area contributed by atoms with Crippen molar-refractivity contribution in [1.29, 1.82) is 0 Å². The Kier molecular flexibility index (Phi) is 4.56. The number of aryl methyl sites for hydroxylation is 1. The first-order valence-electron chi connectivity index (χ1n) is 6.93. The van der Waals surface area contributed by atoms with Crippen molar-refractivity contribution in [2.75, 3.05) is 11.4 Å². The highest BCUT2D eigenvalue weighted by atomic mass is 16.2. The molecule has 0 fully saturated rings. The molecule has 1 N–H and O–H groups in total. The van der Waals surface area contributed by atoms with Gasteiger partial charge in [-0.1, -0.05) is 24.8 Å². The van der Waals surface area contributed by atoms with E-state index in [2.05, 4.69) is 24.9 Å². The summed E-state index contributed by atoms with van der Waals surface area (Å²) in [4.78, 5) is 25.3. The highest BCUT2D eigenvalue weighted by Crippen LogP contribution is 2.30. The molecule has 0 spiro atoms. The number of hydrogen-bond acceptors (Lipinski definition) is 2. The third kappa shape index (κ3) is 3.07. The fourth-order valence-electron chi connectivity index (χ4n) is 2.55. The second-order valence-electron chi connectivity index (χ2n) is 5.03. The molecule has 1 aliphatic heterocycles. The van der Waals surface area contributed by atoms with Crippen molar-refractivity contribution in [3.05, 3.63) is 42.5 Å². The summed E-state index contributed by atoms with van der Waals surface area (Å²) < 4.78 is 0. The van der Waals surface area contributed by atoms with Crippen molar-refractivity contribution in [2.45, 2.75) is 32.2 Å². The average molecular weight is 272 g/mol. The lowest BCUT2D eigenvalue weighted by Gasteiger charge is -2.35. The molecule has 2 rings (SSSR count). The van der Waals surface area contributed by atoms with Gasteiger partial charge in [-0.05, 0) is 37.5 Å². The molecule has 2 amide bonds. The van der Waals surface area contributed by atoms with Crippen molar-refractivity contribution >= 4 is 17.5 Å². The van der Waals surface area contributed by atoms with Crippen LogP contribution in [0.3, 0.4) is 0 Å². The van der Waals surface area contributed by atoms with Gasteiger partial charge in [-0.25, -0.2) is 0 Å². The van der Waals surface area contributed by atoms with Crippen molar-refractivity contribution in [1.82, 2.24) is 5.32 Å². The van der Waals surface area contributed by atoms with Crippen LogP contribution in [-0.4, -0.2) is 24.4 Å². The molecule has 0 aromatic heterocycles. The zero-order chi connectivity index (χ0) is 14.5. The SMILES string of the molecule is C=CC(=O)NCCC(=O)N1c2ccccc2CC[C@@H]1C. The lowest BCUT2D eigenvalue weighted by atomic mass is 9.96. The molecule has 1 heterocycles. The summed E-state index contributed by atoms with van der Waals surface area (Å²) >= 11 is 0. The van der Waals surface area contributed by atoms with Crippen LogP contribution in [0, 0.1) is 0 Å². The lowest BCUT2D eigenvalue weighted by molar-refractivity contribution is -0.119. The van der Waals surface area contributed by atoms with Crippen LogP contribution in [0.4, 0.5) is 5.69 Å². The van der Waals surface area contributed by atoms with E-state index in [0.717, 1.165) is 18.5 Å². The molecule has 1 atom stereocenters. The third-order valence-corrected chi connectivity index (χ3v) is 3.62. The molecule has 4 heteroatoms. The molecule has 20 heavy (non-hydrogen) atoms. The van der Waals surface area contributed by atoms with Gasteiger partial charge in [0.2, 0.25) is 11.8 Å². The monoisotopic (exact) mass is 272 g/mol. The van der Waals surface area contributed by atoms with Gasteiger partial charge in [-0.2, -0.15) is 0 Å². The van der Waals surface area contributed by atoms with Crippen LogP contribution in [0.5, 0.6) is 0 Å². The summed E-state index contributed by atoms with van der Waals surface area (Å²) in [5.74, 6) is -0.195. The van der Waals surface area contributed by atoms with E-state index in [1.165, 1.54) is 11.6 Å². The molecule has 0 unspecified atom stereocenters. The minimum atomic E-state index is -0.245. The largest absolute Gasteiger partial charge is 0.352 e. The normalized spacial score (nSPS) is 17.2. The van der Waals surface area contributed by atoms with Gasteiger partial charge in [0, 0.05) is 24.7 Å². The van der Waals surface area contributed by atoms with E-state index < -0.39 is 0 Å². The Bertz CT molecular complexity index is 525. The number of nitrogens with zero attached hydrogens (tertiary/aromatic N) is 1. The summed E-state index contributed by atoms with van der Waals surface area (Å²) in [7, 11) is 0. The van der Waals surface area contributed by atoms with Crippen molar-refractivity contribution in [3.63, 3.8) is 0 Å². The van der Waals surface area contributed by atoms with Crippen LogP contribution in [0.2, 0.25) is 0 Å². The number of benzene rings is 1. The number of rotatable bonds is 4. The molecular weight excluding hydrogens is 252 g/mol. The average Bonchev–Trinajstić information content (AvgIpc) is 2.46. The smallest absolute Gasteiger partial charge is 0.243 e. The predicted molar refractivity (Wildman–Crippen MR) is 79.5 cm³/mol. The Balaban J connectivity index is 2.05. The summed E-state index contributed by atoms with van der Waals surface area (Å²) in [6.07, 6.45) is 3.50. The summed E-state index contributed by atoms with van der Waals surface area (Å²) in [5.41, 5.74) is 2.22. The van der Waals surface area contributed by atoms with Gasteiger partial charge >= 0.3 is 0 Å². The molecule has 1 aromatic carbocycles. The molecular formula is C16H20N2O2. The number of anilines is 1. The number of fused-ring (bicyclic) bond motifs is 1. The van der Waals surface area contributed by atoms with E-state index in [1.54, 1.807) is 0 Å². The number of nitrogens with one attached hydrogen (secondary N) is 1. The Morgan fingerprint density at radius 2 is 2.20 bits per heavy atom. The van der Waals surface area contributed by atoms with E-state index in [-0.39, 0.29) is 17.9 Å². The molecule has 0 aliphatic carbocycles. The first kappa shape index (κ1) is 14.3. The lowest BCUT2D eigenvalue weighted by Crippen LogP contribution is -2.43. The molecule has 0 bridgehead atoms. The van der Waals surface area contributed by atoms with Crippen molar-refractivity contribution < 1.29 is 9.59 Å². The first-order valence-corrected chi connectivity index (χ1v) is 6.93. The van der Waals surface area contributed by atoms with Gasteiger partial charge in [0.05, 0.1) is 0 Å². The van der Waals surface area contributed by atoms with E-state index in [4.69, 9.17) is 0 Å². The van der Waals surface area contributed by atoms with Crippen LogP contribution >= 0.6 is 0 Å². The van der Waals surface area contributed by atoms with Crippen molar-refractivity contribution in [3.8, 4) is 0 Å². The third-order valence-electron chi connectivity index (χ3n) is 3.62. The van der Waals surface area contributed by atoms with Crippen LogP contribution in [0.25, 0.3) is 0 Å². The quantitative estimate of drug-likeness (QED) is 0.853. The molecule has 1 aromatic rings. The number of amides is 2. The minimum Gasteiger partial charge on any atom is -0.352 e. The summed E-state index contributed by atoms with van der Waals surface area (Å²) in [6, 6.07) is 8.22. The maximum absolute atomic E-state index is 12.4. The molecule has 106 valence electrons. The van der Waals surface area contributed by atoms with Gasteiger partial charge in [0.15, 0.2) is 0 Å². The van der Waals surface area contributed by atoms with Crippen molar-refractivity contribution in [2.24, 2.45) is 0 Å². The maximum atomic E-state index is 12.4. The molecule has 0 saturated heterocycles. The van der Waals surface area contributed by atoms with Crippen LogP contribution in [0.15, 0.2) is 36.9 Å². The Hall–Kier alpha value is -2.10. The second-order valence-corrected chi connectivity index (χ2v) is 5.03. The number of hydrogen-bond donors (Lipinski definition) is 1. The predicted octanol–water partition coefficient (Wildman–Crippen LogP) is 2.05. The fraction of sp³-hybridized carbons (Fsp3) is 0.375. The van der Waals surface area contributed by atoms with Crippen LogP contribution in [-0.2, 0) is 16.0 Å². The fourth-order valence-corrected chi connectivity index (χ4v) is 2.55. The van der Waals surface area contributed by atoms with Crippen LogP contribution in [0.1, 0.15) is 25.3 Å². The van der Waals surface area contributed by atoms with E-state index >= 15 is 0 Å². The zero-order valence-corrected chi connectivity index (χ0v) is 11.8. The van der Waals surface area contributed by atoms with Gasteiger partial charge in [0.1, 0.15) is 0 Å². The topological polar surface area (TPSA) is 49.4 Å². The number of para-hydroxylation sites is 1. The summed E-state index contributed by atoms with van der Waals surface area (Å²) in [6.45, 7) is 5.79. The van der Waals surface area contributed by atoms with Gasteiger partial charge in [0.25, 0.3) is 0 Å². The second kappa shape index (κ2) is 6.37. The van der Waals surface area contributed by atoms with E-state index in [0.29, 0.717) is 13.0 Å². The minimum absolute atomic E-state index is 0.0500. The molecule has 0 saturated carbocycles. The maximum Gasteiger partial charge on any atom is 0.243 e. The Morgan fingerprint density at radius 1 is 1.45 bits per heavy atom. The van der Waals surface area contributed by atoms with Gasteiger partial charge in [-0.15, -0.1) is 0 Å². The number of carbonyl (C=O) groups excluding carboxylic acids is 2. The highest BCUT2D eigenvalue weighted by molar-refractivity contribution is 5.95. The summed E-state index contributed by atoms with van der Waals surface area (Å²) in [5, 5.41) is 2.64. The zero-order valence-electron chi connectivity index (χ0n) is 11.8. The molecule has 4 nitrogen and oxygen atoms in total. The van der Waals surface area contributed by atoms with Gasteiger partial charge in [-0.3, -0.25) is 9.59 Å².